The quantitative estimate of drug-likeness (QED) is 0.868. The van der Waals surface area contributed by atoms with Gasteiger partial charge in [-0.05, 0) is 37.1 Å². The van der Waals surface area contributed by atoms with Gasteiger partial charge in [0.1, 0.15) is 0 Å². The van der Waals surface area contributed by atoms with Gasteiger partial charge in [-0.25, -0.2) is 0 Å². The summed E-state index contributed by atoms with van der Waals surface area (Å²) in [7, 11) is 0. The van der Waals surface area contributed by atoms with E-state index in [9.17, 15) is 4.79 Å². The Morgan fingerprint density at radius 2 is 2.12 bits per heavy atom. The van der Waals surface area contributed by atoms with Crippen LogP contribution in [-0.2, 0) is 10.2 Å². The van der Waals surface area contributed by atoms with Crippen molar-refractivity contribution in [3.05, 3.63) is 40.5 Å². The zero-order valence-electron chi connectivity index (χ0n) is 15.1. The normalized spacial score (nSPS) is 18.0. The summed E-state index contributed by atoms with van der Waals surface area (Å²) in [5, 5.41) is 8.10. The minimum atomic E-state index is -0.0559. The van der Waals surface area contributed by atoms with Gasteiger partial charge < -0.3 is 14.7 Å². The standard InChI is InChI=1S/C19H24ClN3O2/c1-12-9-13(5-7-15(12)20)23-14(6-8-18(23)24)11-21-17-10-16(22-25-17)19(2,3)4/h5,7,9-10,14,21H,6,8,11H2,1-4H3/t14-/m0/s1. The van der Waals surface area contributed by atoms with Crippen molar-refractivity contribution in [2.45, 2.75) is 52.0 Å². The predicted octanol–water partition coefficient (Wildman–Crippen LogP) is 4.54. The molecule has 0 unspecified atom stereocenters. The highest BCUT2D eigenvalue weighted by atomic mass is 35.5. The van der Waals surface area contributed by atoms with Crippen LogP contribution in [0.5, 0.6) is 0 Å². The van der Waals surface area contributed by atoms with E-state index in [2.05, 4.69) is 31.2 Å². The maximum atomic E-state index is 12.4. The van der Waals surface area contributed by atoms with Gasteiger partial charge in [0, 0.05) is 35.2 Å². The number of nitrogens with zero attached hydrogens (tertiary/aromatic N) is 2. The van der Waals surface area contributed by atoms with Gasteiger partial charge in [0.2, 0.25) is 11.8 Å². The maximum absolute atomic E-state index is 12.4. The van der Waals surface area contributed by atoms with Crippen LogP contribution in [-0.4, -0.2) is 23.7 Å². The lowest BCUT2D eigenvalue weighted by molar-refractivity contribution is -0.117. The molecule has 3 rings (SSSR count). The zero-order chi connectivity index (χ0) is 18.2. The summed E-state index contributed by atoms with van der Waals surface area (Å²) in [4.78, 5) is 14.2. The number of carbonyl (C=O) groups excluding carboxylic acids is 1. The number of aromatic nitrogens is 1. The molecule has 2 heterocycles. The van der Waals surface area contributed by atoms with E-state index in [-0.39, 0.29) is 17.4 Å². The summed E-state index contributed by atoms with van der Waals surface area (Å²) in [6.07, 6.45) is 1.37. The molecule has 0 spiro atoms. The van der Waals surface area contributed by atoms with E-state index in [1.165, 1.54) is 0 Å². The van der Waals surface area contributed by atoms with Crippen molar-refractivity contribution in [2.75, 3.05) is 16.8 Å². The highest BCUT2D eigenvalue weighted by molar-refractivity contribution is 6.31. The van der Waals surface area contributed by atoms with Gasteiger partial charge in [0.05, 0.1) is 11.7 Å². The third-order valence-electron chi connectivity index (χ3n) is 4.54. The molecule has 1 aromatic carbocycles. The van der Waals surface area contributed by atoms with Crippen LogP contribution in [0.2, 0.25) is 5.02 Å². The third kappa shape index (κ3) is 3.82. The minimum Gasteiger partial charge on any atom is -0.352 e. The van der Waals surface area contributed by atoms with E-state index in [0.29, 0.717) is 23.9 Å². The van der Waals surface area contributed by atoms with Gasteiger partial charge in [0.25, 0.3) is 0 Å². The zero-order valence-corrected chi connectivity index (χ0v) is 15.9. The molecule has 1 aliphatic rings. The molecule has 1 amide bonds. The van der Waals surface area contributed by atoms with Gasteiger partial charge in [0.15, 0.2) is 0 Å². The molecule has 2 aromatic rings. The van der Waals surface area contributed by atoms with Gasteiger partial charge in [-0.2, -0.15) is 0 Å². The molecule has 1 N–H and O–H groups in total. The van der Waals surface area contributed by atoms with Crippen molar-refractivity contribution in [3.8, 4) is 0 Å². The molecule has 1 aromatic heterocycles. The fourth-order valence-corrected chi connectivity index (χ4v) is 3.12. The number of amides is 1. The first-order valence-electron chi connectivity index (χ1n) is 8.55. The van der Waals surface area contributed by atoms with Crippen LogP contribution < -0.4 is 10.2 Å². The number of carbonyl (C=O) groups is 1. The maximum Gasteiger partial charge on any atom is 0.227 e. The van der Waals surface area contributed by atoms with Crippen LogP contribution in [0.3, 0.4) is 0 Å². The van der Waals surface area contributed by atoms with E-state index in [0.717, 1.165) is 23.4 Å². The number of nitrogens with one attached hydrogen (secondary N) is 1. The number of aryl methyl sites for hydroxylation is 1. The van der Waals surface area contributed by atoms with Crippen LogP contribution in [0, 0.1) is 6.92 Å². The molecule has 0 saturated carbocycles. The first kappa shape index (κ1) is 17.8. The summed E-state index contributed by atoms with van der Waals surface area (Å²) < 4.78 is 5.37. The number of benzene rings is 1. The van der Waals surface area contributed by atoms with Crippen LogP contribution in [0.15, 0.2) is 28.8 Å². The number of hydrogen-bond donors (Lipinski definition) is 1. The SMILES string of the molecule is Cc1cc(N2C(=O)CC[C@H]2CNc2cc(C(C)(C)C)no2)ccc1Cl. The second-order valence-corrected chi connectivity index (χ2v) is 8.00. The monoisotopic (exact) mass is 361 g/mol. The summed E-state index contributed by atoms with van der Waals surface area (Å²) >= 11 is 6.11. The number of rotatable bonds is 4. The lowest BCUT2D eigenvalue weighted by atomic mass is 9.92. The third-order valence-corrected chi connectivity index (χ3v) is 4.96. The van der Waals surface area contributed by atoms with Crippen molar-refractivity contribution < 1.29 is 9.32 Å². The van der Waals surface area contributed by atoms with E-state index in [1.54, 1.807) is 0 Å². The predicted molar refractivity (Wildman–Crippen MR) is 100 cm³/mol. The smallest absolute Gasteiger partial charge is 0.227 e. The Morgan fingerprint density at radius 3 is 2.76 bits per heavy atom. The van der Waals surface area contributed by atoms with Crippen molar-refractivity contribution in [1.82, 2.24) is 5.16 Å². The number of anilines is 2. The topological polar surface area (TPSA) is 58.4 Å². The van der Waals surface area contributed by atoms with Crippen molar-refractivity contribution in [2.24, 2.45) is 0 Å². The van der Waals surface area contributed by atoms with Gasteiger partial charge in [-0.1, -0.05) is 37.5 Å². The molecule has 1 fully saturated rings. The van der Waals surface area contributed by atoms with Crippen molar-refractivity contribution >= 4 is 29.1 Å². The van der Waals surface area contributed by atoms with Crippen molar-refractivity contribution in [1.29, 1.82) is 0 Å². The molecule has 5 nitrogen and oxygen atoms in total. The molecule has 25 heavy (non-hydrogen) atoms. The van der Waals surface area contributed by atoms with E-state index in [1.807, 2.05) is 36.1 Å². The summed E-state index contributed by atoms with van der Waals surface area (Å²) in [5.41, 5.74) is 2.71. The Morgan fingerprint density at radius 1 is 1.36 bits per heavy atom. The molecule has 0 bridgehead atoms. The lowest BCUT2D eigenvalue weighted by Gasteiger charge is -2.25. The van der Waals surface area contributed by atoms with E-state index in [4.69, 9.17) is 16.1 Å². The van der Waals surface area contributed by atoms with Crippen LogP contribution >= 0.6 is 11.6 Å². The second kappa shape index (κ2) is 6.71. The molecule has 0 radical (unpaired) electrons. The van der Waals surface area contributed by atoms with Gasteiger partial charge >= 0.3 is 0 Å². The van der Waals surface area contributed by atoms with Gasteiger partial charge in [-0.15, -0.1) is 0 Å². The summed E-state index contributed by atoms with van der Waals surface area (Å²) in [5.74, 6) is 0.776. The van der Waals surface area contributed by atoms with Crippen LogP contribution in [0.4, 0.5) is 11.6 Å². The Hall–Kier alpha value is -2.01. The summed E-state index contributed by atoms with van der Waals surface area (Å²) in [6, 6.07) is 7.71. The van der Waals surface area contributed by atoms with E-state index < -0.39 is 0 Å². The lowest BCUT2D eigenvalue weighted by Crippen LogP contribution is -2.37. The number of hydrogen-bond acceptors (Lipinski definition) is 4. The van der Waals surface area contributed by atoms with Crippen LogP contribution in [0.1, 0.15) is 44.9 Å². The highest BCUT2D eigenvalue weighted by Gasteiger charge is 2.32. The largest absolute Gasteiger partial charge is 0.352 e. The van der Waals surface area contributed by atoms with Crippen LogP contribution in [0.25, 0.3) is 0 Å². The summed E-state index contributed by atoms with van der Waals surface area (Å²) in [6.45, 7) is 8.84. The Balaban J connectivity index is 1.72. The number of halogens is 1. The molecular weight excluding hydrogens is 338 g/mol. The highest BCUT2D eigenvalue weighted by Crippen LogP contribution is 2.30. The second-order valence-electron chi connectivity index (χ2n) is 7.60. The Labute approximate surface area is 153 Å². The van der Waals surface area contributed by atoms with Gasteiger partial charge in [-0.3, -0.25) is 4.79 Å². The molecule has 0 aliphatic carbocycles. The first-order chi connectivity index (χ1) is 11.8. The fourth-order valence-electron chi connectivity index (χ4n) is 3.00. The van der Waals surface area contributed by atoms with Crippen molar-refractivity contribution in [3.63, 3.8) is 0 Å². The first-order valence-corrected chi connectivity index (χ1v) is 8.93. The minimum absolute atomic E-state index is 0.0559. The fraction of sp³-hybridized carbons (Fsp3) is 0.474. The molecule has 1 atom stereocenters. The average molecular weight is 362 g/mol. The molecule has 134 valence electrons. The Kier molecular flexibility index (Phi) is 4.78. The average Bonchev–Trinajstić information content (AvgIpc) is 3.14. The molecule has 1 aliphatic heterocycles. The molecular formula is C19H24ClN3O2. The Bertz CT molecular complexity index is 779. The molecule has 1 saturated heterocycles. The van der Waals surface area contributed by atoms with E-state index >= 15 is 0 Å². The molecule has 6 heteroatoms.